The smallest absolute Gasteiger partial charge is 0.337 e. The molecular formula is C13H9N5O3. The zero-order valence-corrected chi connectivity index (χ0v) is 10.6. The largest absolute Gasteiger partial charge is 0.478 e. The van der Waals surface area contributed by atoms with Gasteiger partial charge in [0.25, 0.3) is 5.91 Å². The Morgan fingerprint density at radius 1 is 1.10 bits per heavy atom. The summed E-state index contributed by atoms with van der Waals surface area (Å²) in [6, 6.07) is 6.06. The quantitative estimate of drug-likeness (QED) is 0.744. The SMILES string of the molecule is O=C(O)c1ccc2nc(NC(=O)c3ccncc3)nn2c1. The zero-order chi connectivity index (χ0) is 14.8. The summed E-state index contributed by atoms with van der Waals surface area (Å²) < 4.78 is 1.30. The van der Waals surface area contributed by atoms with Crippen LogP contribution in [0, 0.1) is 0 Å². The Morgan fingerprint density at radius 3 is 2.57 bits per heavy atom. The van der Waals surface area contributed by atoms with Gasteiger partial charge in [-0.15, -0.1) is 5.10 Å². The molecular weight excluding hydrogens is 274 g/mol. The number of hydrogen-bond donors (Lipinski definition) is 2. The second-order valence-electron chi connectivity index (χ2n) is 4.15. The van der Waals surface area contributed by atoms with E-state index < -0.39 is 5.97 Å². The van der Waals surface area contributed by atoms with Crippen molar-refractivity contribution in [3.63, 3.8) is 0 Å². The maximum absolute atomic E-state index is 11.9. The topological polar surface area (TPSA) is 109 Å². The van der Waals surface area contributed by atoms with Crippen molar-refractivity contribution in [2.24, 2.45) is 0 Å². The predicted molar refractivity (Wildman–Crippen MR) is 72.1 cm³/mol. The van der Waals surface area contributed by atoms with Gasteiger partial charge in [0.05, 0.1) is 5.56 Å². The number of nitrogens with zero attached hydrogens (tertiary/aromatic N) is 4. The fourth-order valence-electron chi connectivity index (χ4n) is 1.74. The van der Waals surface area contributed by atoms with Crippen LogP contribution in [0.2, 0.25) is 0 Å². The van der Waals surface area contributed by atoms with Crippen molar-refractivity contribution in [2.45, 2.75) is 0 Å². The maximum atomic E-state index is 11.9. The van der Waals surface area contributed by atoms with Gasteiger partial charge >= 0.3 is 5.97 Å². The molecule has 0 aliphatic heterocycles. The third-order valence-corrected chi connectivity index (χ3v) is 2.75. The van der Waals surface area contributed by atoms with E-state index in [0.717, 1.165) is 0 Å². The molecule has 0 aliphatic rings. The van der Waals surface area contributed by atoms with E-state index in [9.17, 15) is 9.59 Å². The highest BCUT2D eigenvalue weighted by Crippen LogP contribution is 2.09. The number of carbonyl (C=O) groups excluding carboxylic acids is 1. The molecule has 8 heteroatoms. The number of rotatable bonds is 3. The minimum absolute atomic E-state index is 0.0828. The van der Waals surface area contributed by atoms with E-state index in [2.05, 4.69) is 20.4 Å². The van der Waals surface area contributed by atoms with Crippen LogP contribution in [0.1, 0.15) is 20.7 Å². The predicted octanol–water partition coefficient (Wildman–Crippen LogP) is 1.07. The fourth-order valence-corrected chi connectivity index (χ4v) is 1.74. The van der Waals surface area contributed by atoms with Crippen LogP contribution in [0.3, 0.4) is 0 Å². The molecule has 0 saturated heterocycles. The average molecular weight is 283 g/mol. The summed E-state index contributed by atoms with van der Waals surface area (Å²) in [5, 5.41) is 15.5. The minimum Gasteiger partial charge on any atom is -0.478 e. The van der Waals surface area contributed by atoms with Crippen molar-refractivity contribution in [1.82, 2.24) is 19.6 Å². The number of anilines is 1. The lowest BCUT2D eigenvalue weighted by molar-refractivity contribution is 0.0696. The summed E-state index contributed by atoms with van der Waals surface area (Å²) in [5.41, 5.74) is 0.944. The average Bonchev–Trinajstić information content (AvgIpc) is 2.89. The molecule has 0 bridgehead atoms. The summed E-state index contributed by atoms with van der Waals surface area (Å²) in [7, 11) is 0. The van der Waals surface area contributed by atoms with Gasteiger partial charge in [-0.2, -0.15) is 4.98 Å². The number of aromatic carboxylic acids is 1. The second-order valence-corrected chi connectivity index (χ2v) is 4.15. The molecule has 0 radical (unpaired) electrons. The number of nitrogens with one attached hydrogen (secondary N) is 1. The first kappa shape index (κ1) is 12.7. The van der Waals surface area contributed by atoms with Crippen LogP contribution in [0.25, 0.3) is 5.65 Å². The molecule has 0 atom stereocenters. The van der Waals surface area contributed by atoms with Gasteiger partial charge in [0.2, 0.25) is 5.95 Å². The lowest BCUT2D eigenvalue weighted by Crippen LogP contribution is -2.13. The Morgan fingerprint density at radius 2 is 1.86 bits per heavy atom. The van der Waals surface area contributed by atoms with E-state index in [-0.39, 0.29) is 17.4 Å². The molecule has 0 aliphatic carbocycles. The Balaban J connectivity index is 1.88. The van der Waals surface area contributed by atoms with Crippen molar-refractivity contribution in [3.8, 4) is 0 Å². The fraction of sp³-hybridized carbons (Fsp3) is 0. The van der Waals surface area contributed by atoms with E-state index in [1.807, 2.05) is 0 Å². The molecule has 0 unspecified atom stereocenters. The van der Waals surface area contributed by atoms with Gasteiger partial charge in [-0.1, -0.05) is 0 Å². The lowest BCUT2D eigenvalue weighted by atomic mass is 10.2. The molecule has 1 amide bonds. The van der Waals surface area contributed by atoms with E-state index in [4.69, 9.17) is 5.11 Å². The van der Waals surface area contributed by atoms with E-state index in [1.165, 1.54) is 35.2 Å². The van der Waals surface area contributed by atoms with Crippen LogP contribution in [0.5, 0.6) is 0 Å². The first-order chi connectivity index (χ1) is 10.1. The third-order valence-electron chi connectivity index (χ3n) is 2.75. The summed E-state index contributed by atoms with van der Waals surface area (Å²) in [4.78, 5) is 30.7. The summed E-state index contributed by atoms with van der Waals surface area (Å²) in [6.45, 7) is 0. The van der Waals surface area contributed by atoms with Gasteiger partial charge in [0.1, 0.15) is 0 Å². The monoisotopic (exact) mass is 283 g/mol. The molecule has 3 aromatic heterocycles. The van der Waals surface area contributed by atoms with Crippen molar-refractivity contribution in [2.75, 3.05) is 5.32 Å². The highest BCUT2D eigenvalue weighted by Gasteiger charge is 2.11. The zero-order valence-electron chi connectivity index (χ0n) is 10.6. The Kier molecular flexibility index (Phi) is 3.03. The van der Waals surface area contributed by atoms with Crippen LogP contribution >= 0.6 is 0 Å². The minimum atomic E-state index is -1.06. The molecule has 0 spiro atoms. The van der Waals surface area contributed by atoms with Crippen molar-refractivity contribution < 1.29 is 14.7 Å². The summed E-state index contributed by atoms with van der Waals surface area (Å²) in [6.07, 6.45) is 4.34. The number of carbonyl (C=O) groups is 2. The molecule has 8 nitrogen and oxygen atoms in total. The highest BCUT2D eigenvalue weighted by molar-refractivity contribution is 6.03. The maximum Gasteiger partial charge on any atom is 0.337 e. The lowest BCUT2D eigenvalue weighted by Gasteiger charge is -1.99. The van der Waals surface area contributed by atoms with Gasteiger partial charge in [-0.3, -0.25) is 15.1 Å². The summed E-state index contributed by atoms with van der Waals surface area (Å²) >= 11 is 0. The Labute approximate surface area is 118 Å². The number of carboxylic acid groups (broad SMARTS) is 1. The van der Waals surface area contributed by atoms with Crippen molar-refractivity contribution in [3.05, 3.63) is 54.0 Å². The van der Waals surface area contributed by atoms with Gasteiger partial charge in [0, 0.05) is 24.2 Å². The molecule has 0 aromatic carbocycles. The van der Waals surface area contributed by atoms with Gasteiger partial charge in [0.15, 0.2) is 5.65 Å². The molecule has 21 heavy (non-hydrogen) atoms. The number of carboxylic acids is 1. The highest BCUT2D eigenvalue weighted by atomic mass is 16.4. The van der Waals surface area contributed by atoms with E-state index >= 15 is 0 Å². The van der Waals surface area contributed by atoms with Gasteiger partial charge in [-0.05, 0) is 24.3 Å². The number of fused-ring (bicyclic) bond motifs is 1. The molecule has 2 N–H and O–H groups in total. The second kappa shape index (κ2) is 5.00. The van der Waals surface area contributed by atoms with Gasteiger partial charge in [-0.25, -0.2) is 9.31 Å². The first-order valence-corrected chi connectivity index (χ1v) is 5.94. The Bertz CT molecular complexity index is 828. The van der Waals surface area contributed by atoms with E-state index in [0.29, 0.717) is 11.2 Å². The molecule has 0 fully saturated rings. The van der Waals surface area contributed by atoms with Crippen LogP contribution in [-0.4, -0.2) is 36.6 Å². The first-order valence-electron chi connectivity index (χ1n) is 5.94. The van der Waals surface area contributed by atoms with Crippen LogP contribution in [0.15, 0.2) is 42.9 Å². The van der Waals surface area contributed by atoms with Gasteiger partial charge < -0.3 is 5.11 Å². The standard InChI is InChI=1S/C13H9N5O3/c19-11(8-3-5-14-6-4-8)16-13-15-10-2-1-9(12(20)21)7-18(10)17-13/h1-7H,(H,20,21)(H,16,17,19). The molecule has 104 valence electrons. The van der Waals surface area contributed by atoms with E-state index in [1.54, 1.807) is 12.1 Å². The molecule has 3 heterocycles. The normalized spacial score (nSPS) is 10.5. The third kappa shape index (κ3) is 2.54. The number of hydrogen-bond acceptors (Lipinski definition) is 5. The Hall–Kier alpha value is -3.29. The molecule has 3 aromatic rings. The summed E-state index contributed by atoms with van der Waals surface area (Å²) in [5.74, 6) is -1.33. The van der Waals surface area contributed by atoms with Crippen molar-refractivity contribution in [1.29, 1.82) is 0 Å². The van der Waals surface area contributed by atoms with Crippen molar-refractivity contribution >= 4 is 23.5 Å². The number of aromatic nitrogens is 4. The number of pyridine rings is 2. The molecule has 0 saturated carbocycles. The number of amides is 1. The van der Waals surface area contributed by atoms with Crippen LogP contribution in [-0.2, 0) is 0 Å². The van der Waals surface area contributed by atoms with Crippen LogP contribution in [0.4, 0.5) is 5.95 Å². The molecule has 3 rings (SSSR count). The van der Waals surface area contributed by atoms with Crippen LogP contribution < -0.4 is 5.32 Å².